The van der Waals surface area contributed by atoms with Gasteiger partial charge in [0.15, 0.2) is 0 Å². The molecule has 0 aromatic carbocycles. The summed E-state index contributed by atoms with van der Waals surface area (Å²) in [6, 6.07) is 0. The molecule has 1 heterocycles. The minimum absolute atomic E-state index is 0.420. The van der Waals surface area contributed by atoms with E-state index < -0.39 is 11.8 Å². The van der Waals surface area contributed by atoms with Crippen LogP contribution < -0.4 is 10.6 Å². The number of ether oxygens (including phenoxy) is 1. The van der Waals surface area contributed by atoms with E-state index >= 15 is 0 Å². The monoisotopic (exact) mass is 285 g/mol. The minimum Gasteiger partial charge on any atom is -0.381 e. The van der Waals surface area contributed by atoms with Gasteiger partial charge in [0, 0.05) is 39.4 Å². The van der Waals surface area contributed by atoms with Crippen molar-refractivity contribution >= 4 is 11.8 Å². The predicted molar refractivity (Wildman–Crippen MR) is 77.4 cm³/mol. The number of rotatable bonds is 6. The molecule has 1 rings (SSSR count). The lowest BCUT2D eigenvalue weighted by Gasteiger charge is -2.19. The molecule has 2 amide bonds. The van der Waals surface area contributed by atoms with Gasteiger partial charge >= 0.3 is 11.8 Å². The molecular weight excluding hydrogens is 258 g/mol. The number of hydrogen-bond donors (Lipinski definition) is 2. The van der Waals surface area contributed by atoms with Crippen molar-refractivity contribution in [2.45, 2.75) is 26.7 Å². The second kappa shape index (κ2) is 9.72. The van der Waals surface area contributed by atoms with Crippen LogP contribution in [0, 0.1) is 5.92 Å². The van der Waals surface area contributed by atoms with E-state index in [0.29, 0.717) is 32.2 Å². The van der Waals surface area contributed by atoms with Gasteiger partial charge in [0.2, 0.25) is 0 Å². The van der Waals surface area contributed by atoms with Crippen molar-refractivity contribution in [2.24, 2.45) is 5.92 Å². The fourth-order valence-corrected chi connectivity index (χ4v) is 1.96. The number of hydrogen-bond acceptors (Lipinski definition) is 4. The molecule has 2 N–H and O–H groups in total. The van der Waals surface area contributed by atoms with Gasteiger partial charge in [-0.05, 0) is 25.3 Å². The quantitative estimate of drug-likeness (QED) is 0.532. The van der Waals surface area contributed by atoms with Gasteiger partial charge in [0.05, 0.1) is 0 Å². The van der Waals surface area contributed by atoms with Gasteiger partial charge in [-0.3, -0.25) is 9.59 Å². The average Bonchev–Trinajstić information content (AvgIpc) is 2.70. The number of carbonyl (C=O) groups is 2. The first kappa shape index (κ1) is 16.9. The van der Waals surface area contributed by atoms with Gasteiger partial charge in [0.1, 0.15) is 0 Å². The second-order valence-corrected chi connectivity index (χ2v) is 5.47. The first-order chi connectivity index (χ1) is 9.61. The molecule has 0 saturated carbocycles. The standard InChI is InChI=1S/C14H27N3O3/c1-12(2)11-20-10-4-6-16-13(18)14(19)17-8-3-5-15-7-9-17/h12,15H,3-11H2,1-2H3,(H,16,18). The van der Waals surface area contributed by atoms with E-state index in [4.69, 9.17) is 4.74 Å². The van der Waals surface area contributed by atoms with Crippen LogP contribution in [0.2, 0.25) is 0 Å². The lowest BCUT2D eigenvalue weighted by molar-refractivity contribution is -0.145. The summed E-state index contributed by atoms with van der Waals surface area (Å²) in [7, 11) is 0. The molecule has 0 aromatic rings. The third-order valence-corrected chi connectivity index (χ3v) is 3.02. The number of nitrogens with one attached hydrogen (secondary N) is 2. The Bertz CT molecular complexity index is 300. The highest BCUT2D eigenvalue weighted by atomic mass is 16.5. The van der Waals surface area contributed by atoms with Gasteiger partial charge in [0.25, 0.3) is 0 Å². The Balaban J connectivity index is 2.13. The molecular formula is C14H27N3O3. The number of nitrogens with zero attached hydrogens (tertiary/aromatic N) is 1. The predicted octanol–water partition coefficient (Wildman–Crippen LogP) is -0.0128. The van der Waals surface area contributed by atoms with Crippen LogP contribution in [-0.4, -0.2) is 62.7 Å². The molecule has 20 heavy (non-hydrogen) atoms. The Morgan fingerprint density at radius 2 is 2.10 bits per heavy atom. The summed E-state index contributed by atoms with van der Waals surface area (Å²) in [5.41, 5.74) is 0. The van der Waals surface area contributed by atoms with Crippen molar-refractivity contribution in [2.75, 3.05) is 45.9 Å². The zero-order chi connectivity index (χ0) is 14.8. The van der Waals surface area contributed by atoms with E-state index in [-0.39, 0.29) is 0 Å². The summed E-state index contributed by atoms with van der Waals surface area (Å²) in [5, 5.41) is 5.86. The third-order valence-electron chi connectivity index (χ3n) is 3.02. The maximum atomic E-state index is 11.9. The summed E-state index contributed by atoms with van der Waals surface area (Å²) in [5.74, 6) is -0.407. The Morgan fingerprint density at radius 3 is 2.85 bits per heavy atom. The summed E-state index contributed by atoms with van der Waals surface area (Å²) in [6.45, 7) is 8.91. The normalized spacial score (nSPS) is 16.1. The van der Waals surface area contributed by atoms with E-state index in [1.807, 2.05) is 0 Å². The zero-order valence-electron chi connectivity index (χ0n) is 12.6. The third kappa shape index (κ3) is 6.86. The smallest absolute Gasteiger partial charge is 0.311 e. The molecule has 0 aromatic heterocycles. The molecule has 6 heteroatoms. The van der Waals surface area contributed by atoms with Crippen molar-refractivity contribution in [1.29, 1.82) is 0 Å². The lowest BCUT2D eigenvalue weighted by Crippen LogP contribution is -2.44. The van der Waals surface area contributed by atoms with Gasteiger partial charge in [-0.15, -0.1) is 0 Å². The Morgan fingerprint density at radius 1 is 1.30 bits per heavy atom. The van der Waals surface area contributed by atoms with Crippen molar-refractivity contribution in [3.63, 3.8) is 0 Å². The van der Waals surface area contributed by atoms with Crippen LogP contribution in [0.1, 0.15) is 26.7 Å². The van der Waals surface area contributed by atoms with E-state index in [1.54, 1.807) is 4.90 Å². The SMILES string of the molecule is CC(C)COCCCNC(=O)C(=O)N1CCCNCC1. The van der Waals surface area contributed by atoms with Crippen LogP contribution >= 0.6 is 0 Å². The topological polar surface area (TPSA) is 70.7 Å². The molecule has 0 aliphatic carbocycles. The summed E-state index contributed by atoms with van der Waals surface area (Å²) >= 11 is 0. The highest BCUT2D eigenvalue weighted by Crippen LogP contribution is 1.97. The second-order valence-electron chi connectivity index (χ2n) is 5.47. The van der Waals surface area contributed by atoms with Crippen molar-refractivity contribution in [3.05, 3.63) is 0 Å². The van der Waals surface area contributed by atoms with Gasteiger partial charge in [-0.25, -0.2) is 0 Å². The highest BCUT2D eigenvalue weighted by Gasteiger charge is 2.21. The molecule has 0 bridgehead atoms. The van der Waals surface area contributed by atoms with Gasteiger partial charge < -0.3 is 20.3 Å². The summed E-state index contributed by atoms with van der Waals surface area (Å²) in [4.78, 5) is 25.3. The maximum Gasteiger partial charge on any atom is 0.311 e. The molecule has 1 aliphatic rings. The van der Waals surface area contributed by atoms with Crippen LogP contribution in [0.4, 0.5) is 0 Å². The zero-order valence-corrected chi connectivity index (χ0v) is 12.6. The van der Waals surface area contributed by atoms with E-state index in [0.717, 1.165) is 32.5 Å². The van der Waals surface area contributed by atoms with Crippen LogP contribution in [-0.2, 0) is 14.3 Å². The molecule has 0 unspecified atom stereocenters. The highest BCUT2D eigenvalue weighted by molar-refractivity contribution is 6.35. The van der Waals surface area contributed by atoms with E-state index in [1.165, 1.54) is 0 Å². The number of carbonyl (C=O) groups excluding carboxylic acids is 2. The van der Waals surface area contributed by atoms with E-state index in [2.05, 4.69) is 24.5 Å². The molecule has 1 saturated heterocycles. The molecule has 0 atom stereocenters. The largest absolute Gasteiger partial charge is 0.381 e. The fraction of sp³-hybridized carbons (Fsp3) is 0.857. The van der Waals surface area contributed by atoms with Crippen LogP contribution in [0.3, 0.4) is 0 Å². The molecule has 1 fully saturated rings. The maximum absolute atomic E-state index is 11.9. The van der Waals surface area contributed by atoms with Crippen LogP contribution in [0.15, 0.2) is 0 Å². The first-order valence-electron chi connectivity index (χ1n) is 7.47. The lowest BCUT2D eigenvalue weighted by atomic mass is 10.2. The summed E-state index contributed by atoms with van der Waals surface area (Å²) < 4.78 is 5.42. The Kier molecular flexibility index (Phi) is 8.22. The molecule has 116 valence electrons. The van der Waals surface area contributed by atoms with Crippen LogP contribution in [0.5, 0.6) is 0 Å². The van der Waals surface area contributed by atoms with Crippen LogP contribution in [0.25, 0.3) is 0 Å². The Hall–Kier alpha value is -1.14. The molecule has 1 aliphatic heterocycles. The fourth-order valence-electron chi connectivity index (χ4n) is 1.96. The number of amides is 2. The average molecular weight is 285 g/mol. The van der Waals surface area contributed by atoms with E-state index in [9.17, 15) is 9.59 Å². The van der Waals surface area contributed by atoms with Crippen molar-refractivity contribution < 1.29 is 14.3 Å². The molecule has 0 radical (unpaired) electrons. The summed E-state index contributed by atoms with van der Waals surface area (Å²) in [6.07, 6.45) is 1.62. The minimum atomic E-state index is -0.504. The van der Waals surface area contributed by atoms with Crippen molar-refractivity contribution in [1.82, 2.24) is 15.5 Å². The van der Waals surface area contributed by atoms with Crippen molar-refractivity contribution in [3.8, 4) is 0 Å². The molecule has 6 nitrogen and oxygen atoms in total. The first-order valence-corrected chi connectivity index (χ1v) is 7.47. The van der Waals surface area contributed by atoms with Gasteiger partial charge in [-0.2, -0.15) is 0 Å². The molecule has 0 spiro atoms. The van der Waals surface area contributed by atoms with Gasteiger partial charge in [-0.1, -0.05) is 13.8 Å². The Labute approximate surface area is 121 Å².